The van der Waals surface area contributed by atoms with Crippen molar-refractivity contribution >= 4 is 0 Å². The van der Waals surface area contributed by atoms with Gasteiger partial charge in [-0.3, -0.25) is 9.29 Å². The predicted molar refractivity (Wildman–Crippen MR) is 78.0 cm³/mol. The lowest BCUT2D eigenvalue weighted by atomic mass is 9.91. The number of nitrogens with one attached hydrogen (secondary N) is 1. The highest BCUT2D eigenvalue weighted by Crippen LogP contribution is 2.26. The number of benzene rings is 1. The Morgan fingerprint density at radius 3 is 2.79 bits per heavy atom. The van der Waals surface area contributed by atoms with Gasteiger partial charge < -0.3 is 5.32 Å². The molecule has 1 fully saturated rings. The van der Waals surface area contributed by atoms with Crippen molar-refractivity contribution in [3.8, 4) is 0 Å². The molecule has 2 rings (SSSR count). The van der Waals surface area contributed by atoms with E-state index in [1.807, 2.05) is 6.07 Å². The zero-order chi connectivity index (χ0) is 13.7. The highest BCUT2D eigenvalue weighted by Gasteiger charge is 2.32. The van der Waals surface area contributed by atoms with Gasteiger partial charge in [0.15, 0.2) is 0 Å². The summed E-state index contributed by atoms with van der Waals surface area (Å²) < 4.78 is 12.5. The maximum atomic E-state index is 12.5. The number of alkyl halides is 1. The summed E-state index contributed by atoms with van der Waals surface area (Å²) in [4.78, 5) is 2.42. The van der Waals surface area contributed by atoms with Crippen LogP contribution in [0.1, 0.15) is 32.3 Å². The molecule has 106 valence electrons. The molecule has 0 bridgehead atoms. The smallest absolute Gasteiger partial charge is 0.0906 e. The molecule has 0 aromatic heterocycles. The van der Waals surface area contributed by atoms with Crippen molar-refractivity contribution in [2.24, 2.45) is 0 Å². The van der Waals surface area contributed by atoms with Gasteiger partial charge in [0.2, 0.25) is 0 Å². The minimum Gasteiger partial charge on any atom is -0.306 e. The Morgan fingerprint density at radius 2 is 2.11 bits per heavy atom. The van der Waals surface area contributed by atoms with Crippen LogP contribution in [0.2, 0.25) is 0 Å². The molecule has 0 radical (unpaired) electrons. The Balaban J connectivity index is 2.16. The minimum atomic E-state index is -0.224. The third-order valence-electron chi connectivity index (χ3n) is 4.21. The summed E-state index contributed by atoms with van der Waals surface area (Å²) in [5.74, 6) is 0. The number of hydrogen-bond acceptors (Lipinski definition) is 2. The first kappa shape index (κ1) is 14.5. The Kier molecular flexibility index (Phi) is 4.94. The van der Waals surface area contributed by atoms with Crippen molar-refractivity contribution in [1.29, 1.82) is 0 Å². The lowest BCUT2D eigenvalue weighted by Gasteiger charge is -2.36. The van der Waals surface area contributed by atoms with Gasteiger partial charge in [0.1, 0.15) is 0 Å². The Hall–Kier alpha value is -0.930. The van der Waals surface area contributed by atoms with Crippen LogP contribution in [0.3, 0.4) is 0 Å². The molecule has 1 saturated heterocycles. The summed E-state index contributed by atoms with van der Waals surface area (Å²) in [5.41, 5.74) is 1.27. The van der Waals surface area contributed by atoms with E-state index in [4.69, 9.17) is 0 Å². The number of hydrogen-bond donors (Lipinski definition) is 1. The van der Waals surface area contributed by atoms with Gasteiger partial charge in [-0.25, -0.2) is 0 Å². The monoisotopic (exact) mass is 264 g/mol. The minimum absolute atomic E-state index is 0.0394. The van der Waals surface area contributed by atoms with E-state index in [1.54, 1.807) is 0 Å². The molecule has 3 heteroatoms. The predicted octanol–water partition coefficient (Wildman–Crippen LogP) is 2.95. The third kappa shape index (κ3) is 3.54. The van der Waals surface area contributed by atoms with Gasteiger partial charge in [0.25, 0.3) is 0 Å². The average molecular weight is 264 g/mol. The summed E-state index contributed by atoms with van der Waals surface area (Å²) in [6, 6.07) is 11.1. The molecule has 0 amide bonds. The van der Waals surface area contributed by atoms with E-state index < -0.39 is 0 Å². The first-order valence-electron chi connectivity index (χ1n) is 7.26. The molecule has 2 unspecified atom stereocenters. The highest BCUT2D eigenvalue weighted by molar-refractivity contribution is 5.24. The molecule has 19 heavy (non-hydrogen) atoms. The van der Waals surface area contributed by atoms with Crippen LogP contribution < -0.4 is 5.32 Å². The molecule has 2 nitrogen and oxygen atoms in total. The van der Waals surface area contributed by atoms with Gasteiger partial charge in [-0.05, 0) is 38.8 Å². The molecule has 0 spiro atoms. The standard InChI is InChI=1S/C16H25FN2/c1-14-9-11-18-16(2,13-19(14)12-6-10-17)15-7-4-3-5-8-15/h3-5,7-8,14,18H,6,9-13H2,1-2H3. The van der Waals surface area contributed by atoms with Crippen LogP contribution in [0.15, 0.2) is 30.3 Å². The molecule has 1 N–H and O–H groups in total. The van der Waals surface area contributed by atoms with Crippen molar-refractivity contribution in [1.82, 2.24) is 10.2 Å². The SMILES string of the molecule is CC1CCNC(C)(c2ccccc2)CN1CCCF. The Labute approximate surface area is 116 Å². The maximum absolute atomic E-state index is 12.5. The molecule has 1 aromatic carbocycles. The molecular weight excluding hydrogens is 239 g/mol. The van der Waals surface area contributed by atoms with E-state index in [0.29, 0.717) is 12.5 Å². The van der Waals surface area contributed by atoms with Crippen LogP contribution in [-0.4, -0.2) is 37.3 Å². The van der Waals surface area contributed by atoms with E-state index in [1.165, 1.54) is 5.56 Å². The molecule has 0 aliphatic carbocycles. The van der Waals surface area contributed by atoms with Gasteiger partial charge in [0, 0.05) is 19.1 Å². The molecule has 0 saturated carbocycles. The van der Waals surface area contributed by atoms with E-state index in [0.717, 1.165) is 26.1 Å². The zero-order valence-corrected chi connectivity index (χ0v) is 12.0. The van der Waals surface area contributed by atoms with Crippen molar-refractivity contribution in [3.63, 3.8) is 0 Å². The lowest BCUT2D eigenvalue weighted by molar-refractivity contribution is 0.167. The van der Waals surface area contributed by atoms with Crippen LogP contribution in [-0.2, 0) is 5.54 Å². The number of nitrogens with zero attached hydrogens (tertiary/aromatic N) is 1. The van der Waals surface area contributed by atoms with Crippen LogP contribution >= 0.6 is 0 Å². The van der Waals surface area contributed by atoms with Gasteiger partial charge in [-0.1, -0.05) is 30.3 Å². The molecule has 1 aliphatic heterocycles. The Bertz CT molecular complexity index is 382. The summed E-state index contributed by atoms with van der Waals surface area (Å²) in [6.07, 6.45) is 1.75. The van der Waals surface area contributed by atoms with Gasteiger partial charge in [-0.2, -0.15) is 0 Å². The zero-order valence-electron chi connectivity index (χ0n) is 12.0. The quantitative estimate of drug-likeness (QED) is 0.899. The van der Waals surface area contributed by atoms with Gasteiger partial charge >= 0.3 is 0 Å². The van der Waals surface area contributed by atoms with E-state index in [-0.39, 0.29) is 12.2 Å². The fourth-order valence-corrected chi connectivity index (χ4v) is 2.92. The second-order valence-corrected chi connectivity index (χ2v) is 5.78. The summed E-state index contributed by atoms with van der Waals surface area (Å²) in [7, 11) is 0. The highest BCUT2D eigenvalue weighted by atomic mass is 19.1. The van der Waals surface area contributed by atoms with E-state index in [9.17, 15) is 4.39 Å². The molecular formula is C16H25FN2. The lowest BCUT2D eigenvalue weighted by Crippen LogP contribution is -2.47. The summed E-state index contributed by atoms with van der Waals surface area (Å²) in [5, 5.41) is 3.68. The molecule has 1 aromatic rings. The van der Waals surface area contributed by atoms with Crippen LogP contribution in [0.25, 0.3) is 0 Å². The second-order valence-electron chi connectivity index (χ2n) is 5.78. The fourth-order valence-electron chi connectivity index (χ4n) is 2.92. The first-order chi connectivity index (χ1) is 9.15. The third-order valence-corrected chi connectivity index (χ3v) is 4.21. The largest absolute Gasteiger partial charge is 0.306 e. The van der Waals surface area contributed by atoms with E-state index >= 15 is 0 Å². The van der Waals surface area contributed by atoms with E-state index in [2.05, 4.69) is 48.3 Å². The fraction of sp³-hybridized carbons (Fsp3) is 0.625. The number of halogens is 1. The van der Waals surface area contributed by atoms with Crippen molar-refractivity contribution < 1.29 is 4.39 Å². The number of rotatable bonds is 4. The molecule has 1 aliphatic rings. The van der Waals surface area contributed by atoms with Crippen molar-refractivity contribution in [3.05, 3.63) is 35.9 Å². The molecule has 1 heterocycles. The van der Waals surface area contributed by atoms with Crippen LogP contribution in [0.5, 0.6) is 0 Å². The van der Waals surface area contributed by atoms with Gasteiger partial charge in [0.05, 0.1) is 12.2 Å². The average Bonchev–Trinajstić information content (AvgIpc) is 2.58. The van der Waals surface area contributed by atoms with Crippen LogP contribution in [0, 0.1) is 0 Å². The first-order valence-corrected chi connectivity index (χ1v) is 7.26. The summed E-state index contributed by atoms with van der Waals surface area (Å²) in [6.45, 7) is 7.08. The second kappa shape index (κ2) is 6.49. The van der Waals surface area contributed by atoms with Crippen molar-refractivity contribution in [2.45, 2.75) is 38.3 Å². The van der Waals surface area contributed by atoms with Gasteiger partial charge in [-0.15, -0.1) is 0 Å². The maximum Gasteiger partial charge on any atom is 0.0906 e. The van der Waals surface area contributed by atoms with Crippen molar-refractivity contribution in [2.75, 3.05) is 26.3 Å². The normalized spacial score (nSPS) is 29.1. The topological polar surface area (TPSA) is 15.3 Å². The van der Waals surface area contributed by atoms with Crippen LogP contribution in [0.4, 0.5) is 4.39 Å². The molecule has 2 atom stereocenters. The summed E-state index contributed by atoms with van der Waals surface area (Å²) >= 11 is 0. The Morgan fingerprint density at radius 1 is 1.37 bits per heavy atom.